The minimum Gasteiger partial charge on any atom is -0.394 e. The van der Waals surface area contributed by atoms with Gasteiger partial charge >= 0.3 is 0 Å². The fourth-order valence-corrected chi connectivity index (χ4v) is 2.00. The molecule has 0 radical (unpaired) electrons. The van der Waals surface area contributed by atoms with Crippen molar-refractivity contribution in [1.29, 1.82) is 0 Å². The summed E-state index contributed by atoms with van der Waals surface area (Å²) in [7, 11) is 0. The molecule has 0 aliphatic carbocycles. The number of hydrogen-bond acceptors (Lipinski definition) is 7. The van der Waals surface area contributed by atoms with Gasteiger partial charge in [-0.25, -0.2) is 0 Å². The Labute approximate surface area is 112 Å². The van der Waals surface area contributed by atoms with E-state index >= 15 is 0 Å². The Morgan fingerprint density at radius 2 is 1.63 bits per heavy atom. The third kappa shape index (κ3) is 4.96. The van der Waals surface area contributed by atoms with E-state index in [-0.39, 0.29) is 0 Å². The molecular formula is C12H25NO6. The second-order valence-corrected chi connectivity index (χ2v) is 4.77. The maximum absolute atomic E-state index is 9.70. The second-order valence-electron chi connectivity index (χ2n) is 4.77. The number of hydrogen-bond donors (Lipinski definition) is 5. The molecule has 1 rings (SSSR count). The molecule has 0 bridgehead atoms. The van der Waals surface area contributed by atoms with Crippen molar-refractivity contribution in [1.82, 2.24) is 0 Å². The van der Waals surface area contributed by atoms with E-state index in [1.807, 2.05) is 0 Å². The van der Waals surface area contributed by atoms with Crippen LogP contribution < -0.4 is 5.73 Å². The Balaban J connectivity index is 2.28. The van der Waals surface area contributed by atoms with Crippen LogP contribution in [0.15, 0.2) is 0 Å². The topological polar surface area (TPSA) is 125 Å². The van der Waals surface area contributed by atoms with Crippen LogP contribution in [0.5, 0.6) is 0 Å². The molecule has 1 aliphatic heterocycles. The zero-order chi connectivity index (χ0) is 14.3. The molecule has 1 heterocycles. The average Bonchev–Trinajstić information content (AvgIpc) is 2.42. The SMILES string of the molecule is NCCCCCCO[C@@H]1OC(CO)[C@@H](O)C(O)C1O. The molecule has 114 valence electrons. The maximum atomic E-state index is 9.70. The molecule has 0 amide bonds. The van der Waals surface area contributed by atoms with Gasteiger partial charge in [-0.2, -0.15) is 0 Å². The van der Waals surface area contributed by atoms with Gasteiger partial charge < -0.3 is 35.6 Å². The lowest BCUT2D eigenvalue weighted by Crippen LogP contribution is -2.59. The Morgan fingerprint density at radius 3 is 2.26 bits per heavy atom. The van der Waals surface area contributed by atoms with Crippen LogP contribution in [0, 0.1) is 0 Å². The fourth-order valence-electron chi connectivity index (χ4n) is 2.00. The predicted molar refractivity (Wildman–Crippen MR) is 67.2 cm³/mol. The number of aliphatic hydroxyl groups excluding tert-OH is 4. The number of nitrogens with two attached hydrogens (primary N) is 1. The first kappa shape index (κ1) is 16.8. The van der Waals surface area contributed by atoms with Gasteiger partial charge in [0.05, 0.1) is 6.61 Å². The first-order valence-electron chi connectivity index (χ1n) is 6.74. The average molecular weight is 279 g/mol. The highest BCUT2D eigenvalue weighted by Gasteiger charge is 2.43. The molecule has 3 unspecified atom stereocenters. The molecule has 1 saturated heterocycles. The van der Waals surface area contributed by atoms with E-state index in [2.05, 4.69) is 0 Å². The van der Waals surface area contributed by atoms with Crippen molar-refractivity contribution in [2.45, 2.75) is 56.4 Å². The minimum atomic E-state index is -1.38. The van der Waals surface area contributed by atoms with Crippen LogP contribution in [0.1, 0.15) is 25.7 Å². The standard InChI is InChI=1S/C12H25NO6/c13-5-3-1-2-4-6-18-12-11(17)10(16)9(15)8(7-14)19-12/h8-12,14-17H,1-7,13H2/t8?,9-,10?,11?,12-/m1/s1. The van der Waals surface area contributed by atoms with Gasteiger partial charge in [-0.3, -0.25) is 0 Å². The lowest BCUT2D eigenvalue weighted by Gasteiger charge is -2.39. The third-order valence-corrected chi connectivity index (χ3v) is 3.23. The van der Waals surface area contributed by atoms with Crippen molar-refractivity contribution in [3.05, 3.63) is 0 Å². The van der Waals surface area contributed by atoms with E-state index < -0.39 is 37.3 Å². The zero-order valence-corrected chi connectivity index (χ0v) is 11.0. The molecule has 0 aromatic carbocycles. The molecule has 1 fully saturated rings. The van der Waals surface area contributed by atoms with Crippen LogP contribution in [0.3, 0.4) is 0 Å². The Kier molecular flexibility index (Phi) is 7.77. The first-order chi connectivity index (χ1) is 9.11. The highest BCUT2D eigenvalue weighted by Crippen LogP contribution is 2.22. The lowest BCUT2D eigenvalue weighted by atomic mass is 9.99. The zero-order valence-electron chi connectivity index (χ0n) is 11.0. The van der Waals surface area contributed by atoms with Crippen LogP contribution in [0.25, 0.3) is 0 Å². The second kappa shape index (κ2) is 8.80. The Morgan fingerprint density at radius 1 is 0.947 bits per heavy atom. The van der Waals surface area contributed by atoms with Crippen molar-refractivity contribution in [2.24, 2.45) is 5.73 Å². The molecule has 0 spiro atoms. The van der Waals surface area contributed by atoms with Crippen molar-refractivity contribution in [3.8, 4) is 0 Å². The monoisotopic (exact) mass is 279 g/mol. The van der Waals surface area contributed by atoms with Crippen molar-refractivity contribution in [2.75, 3.05) is 19.8 Å². The molecule has 0 aromatic rings. The number of unbranched alkanes of at least 4 members (excludes halogenated alkanes) is 3. The number of ether oxygens (including phenoxy) is 2. The smallest absolute Gasteiger partial charge is 0.186 e. The van der Waals surface area contributed by atoms with E-state index in [1.54, 1.807) is 0 Å². The molecule has 5 atom stereocenters. The van der Waals surface area contributed by atoms with Crippen LogP contribution in [-0.4, -0.2) is 70.9 Å². The quantitative estimate of drug-likeness (QED) is 0.336. The first-order valence-corrected chi connectivity index (χ1v) is 6.74. The van der Waals surface area contributed by atoms with E-state index in [1.165, 1.54) is 0 Å². The van der Waals surface area contributed by atoms with Crippen LogP contribution >= 0.6 is 0 Å². The predicted octanol–water partition coefficient (Wildman–Crippen LogP) is -1.68. The van der Waals surface area contributed by atoms with Crippen LogP contribution in [-0.2, 0) is 9.47 Å². The van der Waals surface area contributed by atoms with Gasteiger partial charge in [0, 0.05) is 6.61 Å². The van der Waals surface area contributed by atoms with Gasteiger partial charge in [0.1, 0.15) is 24.4 Å². The summed E-state index contributed by atoms with van der Waals surface area (Å²) in [5, 5.41) is 37.8. The largest absolute Gasteiger partial charge is 0.394 e. The van der Waals surface area contributed by atoms with Gasteiger partial charge in [0.2, 0.25) is 0 Å². The fraction of sp³-hybridized carbons (Fsp3) is 1.00. The van der Waals surface area contributed by atoms with Gasteiger partial charge in [0.25, 0.3) is 0 Å². The Bertz CT molecular complexity index is 240. The molecule has 19 heavy (non-hydrogen) atoms. The summed E-state index contributed by atoms with van der Waals surface area (Å²) in [5.41, 5.74) is 5.38. The summed E-state index contributed by atoms with van der Waals surface area (Å²) in [6.07, 6.45) is -2.22. The van der Waals surface area contributed by atoms with E-state index in [4.69, 9.17) is 20.3 Å². The van der Waals surface area contributed by atoms with Crippen LogP contribution in [0.4, 0.5) is 0 Å². The van der Waals surface area contributed by atoms with Crippen molar-refractivity contribution in [3.63, 3.8) is 0 Å². The molecule has 7 nitrogen and oxygen atoms in total. The van der Waals surface area contributed by atoms with E-state index in [9.17, 15) is 15.3 Å². The van der Waals surface area contributed by atoms with Crippen molar-refractivity contribution >= 4 is 0 Å². The van der Waals surface area contributed by atoms with Gasteiger partial charge in [-0.15, -0.1) is 0 Å². The summed E-state index contributed by atoms with van der Waals surface area (Å²) in [6.45, 7) is 0.613. The molecular weight excluding hydrogens is 254 g/mol. The summed E-state index contributed by atoms with van der Waals surface area (Å²) in [5.74, 6) is 0. The summed E-state index contributed by atoms with van der Waals surface area (Å²) < 4.78 is 10.5. The van der Waals surface area contributed by atoms with E-state index in [0.29, 0.717) is 13.2 Å². The van der Waals surface area contributed by atoms with Crippen molar-refractivity contribution < 1.29 is 29.9 Å². The van der Waals surface area contributed by atoms with Gasteiger partial charge in [0.15, 0.2) is 6.29 Å². The summed E-state index contributed by atoms with van der Waals surface area (Å²) >= 11 is 0. The summed E-state index contributed by atoms with van der Waals surface area (Å²) in [4.78, 5) is 0. The molecule has 6 N–H and O–H groups in total. The minimum absolute atomic E-state index is 0.382. The molecule has 7 heteroatoms. The van der Waals surface area contributed by atoms with Gasteiger partial charge in [-0.1, -0.05) is 12.8 Å². The molecule has 0 saturated carbocycles. The van der Waals surface area contributed by atoms with Gasteiger partial charge in [-0.05, 0) is 19.4 Å². The number of aliphatic hydroxyl groups is 4. The third-order valence-electron chi connectivity index (χ3n) is 3.23. The van der Waals surface area contributed by atoms with E-state index in [0.717, 1.165) is 25.7 Å². The maximum Gasteiger partial charge on any atom is 0.186 e. The molecule has 0 aromatic heterocycles. The number of rotatable bonds is 8. The van der Waals surface area contributed by atoms with Crippen LogP contribution in [0.2, 0.25) is 0 Å². The Hall–Kier alpha value is -0.280. The highest BCUT2D eigenvalue weighted by atomic mass is 16.7. The summed E-state index contributed by atoms with van der Waals surface area (Å²) in [6, 6.07) is 0. The molecule has 1 aliphatic rings. The normalized spacial score (nSPS) is 35.5. The highest BCUT2D eigenvalue weighted by molar-refractivity contribution is 4.88. The lowest BCUT2D eigenvalue weighted by molar-refractivity contribution is -0.301.